The van der Waals surface area contributed by atoms with E-state index in [-0.39, 0.29) is 5.91 Å². The molecule has 0 aliphatic heterocycles. The molecule has 0 saturated heterocycles. The van der Waals surface area contributed by atoms with E-state index < -0.39 is 0 Å². The highest BCUT2D eigenvalue weighted by molar-refractivity contribution is 5.93. The van der Waals surface area contributed by atoms with Gasteiger partial charge < -0.3 is 10.6 Å². The van der Waals surface area contributed by atoms with E-state index in [0.29, 0.717) is 6.54 Å². The van der Waals surface area contributed by atoms with Gasteiger partial charge in [0.15, 0.2) is 0 Å². The molecule has 3 heteroatoms. The number of aryl methyl sites for hydroxylation is 3. The van der Waals surface area contributed by atoms with Crippen LogP contribution in [0.4, 0.5) is 5.69 Å². The van der Waals surface area contributed by atoms with Crippen molar-refractivity contribution >= 4 is 11.6 Å². The minimum atomic E-state index is 0.0218. The van der Waals surface area contributed by atoms with Crippen molar-refractivity contribution in [1.29, 1.82) is 0 Å². The summed E-state index contributed by atoms with van der Waals surface area (Å²) >= 11 is 0. The normalized spacial score (nSPS) is 10.4. The molecule has 1 amide bonds. The lowest BCUT2D eigenvalue weighted by Gasteiger charge is -2.13. The maximum Gasteiger partial charge on any atom is 0.238 e. The van der Waals surface area contributed by atoms with E-state index in [9.17, 15) is 4.79 Å². The van der Waals surface area contributed by atoms with Gasteiger partial charge in [0, 0.05) is 5.69 Å². The van der Waals surface area contributed by atoms with Gasteiger partial charge in [-0.15, -0.1) is 0 Å². The molecule has 0 fully saturated rings. The van der Waals surface area contributed by atoms with Gasteiger partial charge in [0.25, 0.3) is 0 Å². The largest absolute Gasteiger partial charge is 0.324 e. The van der Waals surface area contributed by atoms with Crippen molar-refractivity contribution in [3.63, 3.8) is 0 Å². The van der Waals surface area contributed by atoms with Crippen molar-refractivity contribution < 1.29 is 4.79 Å². The van der Waals surface area contributed by atoms with Gasteiger partial charge in [-0.3, -0.25) is 4.79 Å². The van der Waals surface area contributed by atoms with E-state index in [1.165, 1.54) is 5.56 Å². The van der Waals surface area contributed by atoms with Crippen LogP contribution >= 0.6 is 0 Å². The second kappa shape index (κ2) is 6.40. The van der Waals surface area contributed by atoms with Crippen molar-refractivity contribution in [2.24, 2.45) is 0 Å². The average molecular weight is 234 g/mol. The average Bonchev–Trinajstić information content (AvgIpc) is 2.24. The van der Waals surface area contributed by atoms with Crippen LogP contribution in [0.2, 0.25) is 0 Å². The molecule has 1 aromatic rings. The molecule has 0 aromatic heterocycles. The van der Waals surface area contributed by atoms with Crippen molar-refractivity contribution in [3.05, 3.63) is 28.8 Å². The molecule has 1 aromatic carbocycles. The van der Waals surface area contributed by atoms with Gasteiger partial charge in [-0.25, -0.2) is 0 Å². The van der Waals surface area contributed by atoms with Crippen LogP contribution in [0.3, 0.4) is 0 Å². The summed E-state index contributed by atoms with van der Waals surface area (Å²) in [6, 6.07) is 4.17. The SMILES string of the molecule is CCCNCC(=O)Nc1c(C)cc(C)cc1C. The topological polar surface area (TPSA) is 41.1 Å². The van der Waals surface area contributed by atoms with Gasteiger partial charge in [-0.05, 0) is 44.9 Å². The summed E-state index contributed by atoms with van der Waals surface area (Å²) in [4.78, 5) is 11.7. The quantitative estimate of drug-likeness (QED) is 0.769. The van der Waals surface area contributed by atoms with Crippen LogP contribution in [0.15, 0.2) is 12.1 Å². The molecule has 0 saturated carbocycles. The molecule has 94 valence electrons. The van der Waals surface area contributed by atoms with Crippen LogP contribution in [-0.2, 0) is 4.79 Å². The highest BCUT2D eigenvalue weighted by Crippen LogP contribution is 2.21. The predicted molar refractivity (Wildman–Crippen MR) is 72.4 cm³/mol. The molecule has 0 heterocycles. The Morgan fingerprint density at radius 3 is 2.29 bits per heavy atom. The lowest BCUT2D eigenvalue weighted by molar-refractivity contribution is -0.115. The van der Waals surface area contributed by atoms with Gasteiger partial charge in [0.05, 0.1) is 6.54 Å². The number of amides is 1. The number of hydrogen-bond donors (Lipinski definition) is 2. The van der Waals surface area contributed by atoms with E-state index in [0.717, 1.165) is 29.8 Å². The fraction of sp³-hybridized carbons (Fsp3) is 0.500. The Balaban J connectivity index is 2.65. The first-order chi connectivity index (χ1) is 8.04. The Labute approximate surface area is 104 Å². The molecular formula is C14H22N2O. The zero-order chi connectivity index (χ0) is 12.8. The van der Waals surface area contributed by atoms with Crippen molar-refractivity contribution in [2.45, 2.75) is 34.1 Å². The standard InChI is InChI=1S/C14H22N2O/c1-5-6-15-9-13(17)16-14-11(3)7-10(2)8-12(14)4/h7-8,15H,5-6,9H2,1-4H3,(H,16,17). The summed E-state index contributed by atoms with van der Waals surface area (Å²) in [5.74, 6) is 0.0218. The van der Waals surface area contributed by atoms with Crippen LogP contribution in [-0.4, -0.2) is 19.0 Å². The molecule has 2 N–H and O–H groups in total. The molecule has 0 radical (unpaired) electrons. The first-order valence-corrected chi connectivity index (χ1v) is 6.13. The number of rotatable bonds is 5. The molecule has 1 rings (SSSR count). The van der Waals surface area contributed by atoms with Crippen molar-refractivity contribution in [1.82, 2.24) is 5.32 Å². The van der Waals surface area contributed by atoms with E-state index in [1.807, 2.05) is 13.8 Å². The molecule has 0 aliphatic rings. The summed E-state index contributed by atoms with van der Waals surface area (Å²) in [5, 5.41) is 6.06. The van der Waals surface area contributed by atoms with E-state index in [1.54, 1.807) is 0 Å². The third kappa shape index (κ3) is 4.19. The van der Waals surface area contributed by atoms with E-state index in [2.05, 4.69) is 36.6 Å². The number of carbonyl (C=O) groups is 1. The fourth-order valence-corrected chi connectivity index (χ4v) is 1.94. The highest BCUT2D eigenvalue weighted by Gasteiger charge is 2.07. The zero-order valence-corrected chi connectivity index (χ0v) is 11.2. The van der Waals surface area contributed by atoms with Gasteiger partial charge in [-0.2, -0.15) is 0 Å². The summed E-state index contributed by atoms with van der Waals surface area (Å²) in [6.45, 7) is 9.44. The number of benzene rings is 1. The monoisotopic (exact) mass is 234 g/mol. The van der Waals surface area contributed by atoms with Gasteiger partial charge >= 0.3 is 0 Å². The van der Waals surface area contributed by atoms with E-state index >= 15 is 0 Å². The predicted octanol–water partition coefficient (Wildman–Crippen LogP) is 2.55. The van der Waals surface area contributed by atoms with Crippen LogP contribution in [0.25, 0.3) is 0 Å². The summed E-state index contributed by atoms with van der Waals surface area (Å²) < 4.78 is 0. The molecule has 0 spiro atoms. The Kier molecular flexibility index (Phi) is 5.16. The number of hydrogen-bond acceptors (Lipinski definition) is 2. The third-order valence-electron chi connectivity index (χ3n) is 2.65. The van der Waals surface area contributed by atoms with Crippen LogP contribution in [0.1, 0.15) is 30.0 Å². The second-order valence-corrected chi connectivity index (χ2v) is 4.50. The first-order valence-electron chi connectivity index (χ1n) is 6.13. The highest BCUT2D eigenvalue weighted by atomic mass is 16.1. The Bertz CT molecular complexity index is 376. The van der Waals surface area contributed by atoms with Crippen LogP contribution in [0, 0.1) is 20.8 Å². The Morgan fingerprint density at radius 2 is 1.76 bits per heavy atom. The summed E-state index contributed by atoms with van der Waals surface area (Å²) in [6.07, 6.45) is 1.04. The third-order valence-corrected chi connectivity index (χ3v) is 2.65. The van der Waals surface area contributed by atoms with Crippen molar-refractivity contribution in [2.75, 3.05) is 18.4 Å². The van der Waals surface area contributed by atoms with Crippen LogP contribution < -0.4 is 10.6 Å². The lowest BCUT2D eigenvalue weighted by Crippen LogP contribution is -2.29. The van der Waals surface area contributed by atoms with E-state index in [4.69, 9.17) is 0 Å². The minimum Gasteiger partial charge on any atom is -0.324 e. The minimum absolute atomic E-state index is 0.0218. The smallest absolute Gasteiger partial charge is 0.238 e. The van der Waals surface area contributed by atoms with Gasteiger partial charge in [0.2, 0.25) is 5.91 Å². The molecule has 17 heavy (non-hydrogen) atoms. The zero-order valence-electron chi connectivity index (χ0n) is 11.2. The first kappa shape index (κ1) is 13.7. The Morgan fingerprint density at radius 1 is 1.18 bits per heavy atom. The maximum absolute atomic E-state index is 11.7. The summed E-state index contributed by atoms with van der Waals surface area (Å²) in [7, 11) is 0. The van der Waals surface area contributed by atoms with Crippen molar-refractivity contribution in [3.8, 4) is 0 Å². The fourth-order valence-electron chi connectivity index (χ4n) is 1.94. The molecule has 0 bridgehead atoms. The van der Waals surface area contributed by atoms with Crippen LogP contribution in [0.5, 0.6) is 0 Å². The van der Waals surface area contributed by atoms with Gasteiger partial charge in [0.1, 0.15) is 0 Å². The number of anilines is 1. The Hall–Kier alpha value is -1.35. The molecule has 3 nitrogen and oxygen atoms in total. The number of carbonyl (C=O) groups excluding carboxylic acids is 1. The second-order valence-electron chi connectivity index (χ2n) is 4.50. The molecule has 0 aliphatic carbocycles. The number of nitrogens with one attached hydrogen (secondary N) is 2. The lowest BCUT2D eigenvalue weighted by atomic mass is 10.1. The summed E-state index contributed by atoms with van der Waals surface area (Å²) in [5.41, 5.74) is 4.40. The molecule has 0 atom stereocenters. The van der Waals surface area contributed by atoms with Gasteiger partial charge in [-0.1, -0.05) is 24.6 Å². The molecular weight excluding hydrogens is 212 g/mol. The molecule has 0 unspecified atom stereocenters. The maximum atomic E-state index is 11.7.